The number of non-ortho nitro benzene ring substituents is 1. The van der Waals surface area contributed by atoms with Crippen LogP contribution in [0.5, 0.6) is 0 Å². The minimum Gasteiger partial charge on any atom is -0.503 e. The molecule has 3 aromatic carbocycles. The summed E-state index contributed by atoms with van der Waals surface area (Å²) < 4.78 is 0.939. The first-order chi connectivity index (χ1) is 15.9. The summed E-state index contributed by atoms with van der Waals surface area (Å²) in [5, 5.41) is 22.1. The number of hydrogen-bond acceptors (Lipinski definition) is 5. The van der Waals surface area contributed by atoms with Crippen molar-refractivity contribution in [3.63, 3.8) is 0 Å². The van der Waals surface area contributed by atoms with Crippen LogP contribution in [-0.4, -0.2) is 21.7 Å². The second kappa shape index (κ2) is 9.37. The van der Waals surface area contributed by atoms with Crippen LogP contribution in [0.1, 0.15) is 17.2 Å². The Bertz CT molecular complexity index is 1300. The average molecular weight is 552 g/mol. The second-order valence-corrected chi connectivity index (χ2v) is 8.52. The summed E-state index contributed by atoms with van der Waals surface area (Å²) in [6.07, 6.45) is 2.88. The van der Waals surface area contributed by atoms with Gasteiger partial charge in [0.2, 0.25) is 0 Å². The Kier molecular flexibility index (Phi) is 6.36. The molecule has 0 aromatic heterocycles. The van der Waals surface area contributed by atoms with Gasteiger partial charge < -0.3 is 5.11 Å². The fourth-order valence-corrected chi connectivity index (χ4v) is 4.03. The standard InChI is InChI=1S/C25H17IN2O5/c26-18-10-12-19(13-11-18)27-23(17-7-4-8-20(15-17)28(32)33)22(24(30)25(27)31)21(29)14-9-16-5-2-1-3-6-16/h1-15,23,30H/b14-9+/t23-/m0/s1. The average Bonchev–Trinajstić information content (AvgIpc) is 3.09. The molecule has 0 fully saturated rings. The molecule has 1 aliphatic rings. The highest BCUT2D eigenvalue weighted by Gasteiger charge is 2.44. The van der Waals surface area contributed by atoms with Crippen LogP contribution < -0.4 is 4.90 Å². The fraction of sp³-hybridized carbons (Fsp3) is 0.0400. The van der Waals surface area contributed by atoms with Gasteiger partial charge in [-0.05, 0) is 64.1 Å². The number of carbonyl (C=O) groups is 2. The first-order valence-corrected chi connectivity index (χ1v) is 11.0. The van der Waals surface area contributed by atoms with Crippen molar-refractivity contribution in [2.75, 3.05) is 4.90 Å². The van der Waals surface area contributed by atoms with E-state index in [2.05, 4.69) is 22.6 Å². The number of aliphatic hydroxyl groups is 1. The number of amides is 1. The minimum absolute atomic E-state index is 0.133. The van der Waals surface area contributed by atoms with Crippen LogP contribution in [0.3, 0.4) is 0 Å². The molecule has 7 nitrogen and oxygen atoms in total. The molecule has 4 rings (SSSR count). The Morgan fingerprint density at radius 3 is 2.39 bits per heavy atom. The molecule has 8 heteroatoms. The van der Waals surface area contributed by atoms with Crippen molar-refractivity contribution in [1.82, 2.24) is 0 Å². The number of anilines is 1. The molecule has 164 valence electrons. The topological polar surface area (TPSA) is 101 Å². The van der Waals surface area contributed by atoms with Crippen molar-refractivity contribution in [2.45, 2.75) is 6.04 Å². The van der Waals surface area contributed by atoms with Gasteiger partial charge in [0.25, 0.3) is 11.6 Å². The van der Waals surface area contributed by atoms with E-state index >= 15 is 0 Å². The summed E-state index contributed by atoms with van der Waals surface area (Å²) >= 11 is 2.13. The molecule has 0 saturated heterocycles. The molecular formula is C25H17IN2O5. The lowest BCUT2D eigenvalue weighted by atomic mass is 9.95. The number of nitrogens with zero attached hydrogens (tertiary/aromatic N) is 2. The highest BCUT2D eigenvalue weighted by Crippen LogP contribution is 2.42. The molecule has 0 aliphatic carbocycles. The third kappa shape index (κ3) is 4.56. The van der Waals surface area contributed by atoms with Crippen LogP contribution in [0, 0.1) is 13.7 Å². The Labute approximate surface area is 203 Å². The summed E-state index contributed by atoms with van der Waals surface area (Å²) in [4.78, 5) is 38.4. The molecule has 0 spiro atoms. The Balaban J connectivity index is 1.82. The zero-order valence-corrected chi connectivity index (χ0v) is 19.2. The maximum atomic E-state index is 13.2. The Morgan fingerprint density at radius 1 is 1.03 bits per heavy atom. The molecule has 33 heavy (non-hydrogen) atoms. The molecule has 0 radical (unpaired) electrons. The van der Waals surface area contributed by atoms with Crippen LogP contribution in [0.25, 0.3) is 6.08 Å². The summed E-state index contributed by atoms with van der Waals surface area (Å²) in [5.74, 6) is -1.98. The predicted molar refractivity (Wildman–Crippen MR) is 133 cm³/mol. The number of carbonyl (C=O) groups excluding carboxylic acids is 2. The van der Waals surface area contributed by atoms with Crippen LogP contribution in [-0.2, 0) is 9.59 Å². The first kappa shape index (κ1) is 22.4. The second-order valence-electron chi connectivity index (χ2n) is 7.28. The van der Waals surface area contributed by atoms with Gasteiger partial charge in [0.1, 0.15) is 0 Å². The van der Waals surface area contributed by atoms with E-state index in [-0.39, 0.29) is 11.3 Å². The van der Waals surface area contributed by atoms with Gasteiger partial charge in [-0.25, -0.2) is 0 Å². The van der Waals surface area contributed by atoms with Crippen molar-refractivity contribution in [1.29, 1.82) is 0 Å². The van der Waals surface area contributed by atoms with Crippen LogP contribution in [0.4, 0.5) is 11.4 Å². The number of allylic oxidation sites excluding steroid dienone is 1. The Hall–Kier alpha value is -3.79. The first-order valence-electron chi connectivity index (χ1n) is 9.91. The van der Waals surface area contributed by atoms with Gasteiger partial charge >= 0.3 is 0 Å². The van der Waals surface area contributed by atoms with Crippen molar-refractivity contribution < 1.29 is 19.6 Å². The van der Waals surface area contributed by atoms with E-state index in [4.69, 9.17) is 0 Å². The number of aliphatic hydroxyl groups excluding tert-OH is 1. The van der Waals surface area contributed by atoms with Gasteiger partial charge in [-0.2, -0.15) is 0 Å². The molecule has 1 amide bonds. The van der Waals surface area contributed by atoms with Crippen LogP contribution in [0.2, 0.25) is 0 Å². The zero-order chi connectivity index (χ0) is 23.5. The fourth-order valence-electron chi connectivity index (χ4n) is 3.67. The zero-order valence-electron chi connectivity index (χ0n) is 17.1. The number of rotatable bonds is 6. The van der Waals surface area contributed by atoms with E-state index in [9.17, 15) is 24.8 Å². The van der Waals surface area contributed by atoms with Crippen molar-refractivity contribution in [3.8, 4) is 0 Å². The van der Waals surface area contributed by atoms with E-state index in [0.717, 1.165) is 9.13 Å². The lowest BCUT2D eigenvalue weighted by Gasteiger charge is -2.26. The van der Waals surface area contributed by atoms with Crippen molar-refractivity contribution in [3.05, 3.63) is 121 Å². The maximum Gasteiger partial charge on any atom is 0.294 e. The Morgan fingerprint density at radius 2 is 1.73 bits per heavy atom. The van der Waals surface area contributed by atoms with E-state index in [1.165, 1.54) is 29.2 Å². The number of hydrogen-bond donors (Lipinski definition) is 1. The molecule has 1 atom stereocenters. The van der Waals surface area contributed by atoms with E-state index in [0.29, 0.717) is 11.3 Å². The number of nitro groups is 1. The van der Waals surface area contributed by atoms with Crippen molar-refractivity contribution >= 4 is 51.7 Å². The highest BCUT2D eigenvalue weighted by molar-refractivity contribution is 14.1. The number of nitro benzene ring substituents is 1. The number of ketones is 1. The number of benzene rings is 3. The van der Waals surface area contributed by atoms with Gasteiger partial charge in [0.05, 0.1) is 16.5 Å². The molecule has 1 heterocycles. The van der Waals surface area contributed by atoms with Crippen LogP contribution in [0.15, 0.2) is 96.3 Å². The van der Waals surface area contributed by atoms with Gasteiger partial charge in [-0.1, -0.05) is 48.5 Å². The smallest absolute Gasteiger partial charge is 0.294 e. The van der Waals surface area contributed by atoms with E-state index in [1.54, 1.807) is 36.4 Å². The summed E-state index contributed by atoms with van der Waals surface area (Å²) in [6.45, 7) is 0. The third-order valence-corrected chi connectivity index (χ3v) is 5.92. The molecule has 0 bridgehead atoms. The molecule has 0 unspecified atom stereocenters. The maximum absolute atomic E-state index is 13.2. The molecule has 1 aliphatic heterocycles. The van der Waals surface area contributed by atoms with Crippen molar-refractivity contribution in [2.24, 2.45) is 0 Å². The SMILES string of the molecule is O=C(/C=C/c1ccccc1)C1=C(O)C(=O)N(c2ccc(I)cc2)[C@H]1c1cccc([N+](=O)[O-])c1. The molecule has 0 saturated carbocycles. The number of halogens is 1. The lowest BCUT2D eigenvalue weighted by Crippen LogP contribution is -2.30. The lowest BCUT2D eigenvalue weighted by molar-refractivity contribution is -0.384. The predicted octanol–water partition coefficient (Wildman–Crippen LogP) is 5.38. The van der Waals surface area contributed by atoms with Gasteiger partial charge in [-0.3, -0.25) is 24.6 Å². The largest absolute Gasteiger partial charge is 0.503 e. The van der Waals surface area contributed by atoms with Gasteiger partial charge in [0.15, 0.2) is 11.5 Å². The van der Waals surface area contributed by atoms with Gasteiger partial charge in [-0.15, -0.1) is 0 Å². The molecule has 3 aromatic rings. The van der Waals surface area contributed by atoms with Gasteiger partial charge in [0, 0.05) is 21.4 Å². The summed E-state index contributed by atoms with van der Waals surface area (Å²) in [5.41, 5.74) is 1.26. The molecule has 1 N–H and O–H groups in total. The quantitative estimate of drug-likeness (QED) is 0.192. The monoisotopic (exact) mass is 552 g/mol. The van der Waals surface area contributed by atoms with E-state index in [1.807, 2.05) is 30.3 Å². The minimum atomic E-state index is -1.02. The van der Waals surface area contributed by atoms with E-state index < -0.39 is 28.4 Å². The highest BCUT2D eigenvalue weighted by atomic mass is 127. The summed E-state index contributed by atoms with van der Waals surface area (Å²) in [7, 11) is 0. The third-order valence-electron chi connectivity index (χ3n) is 5.20. The molecular weight excluding hydrogens is 535 g/mol. The summed E-state index contributed by atoms with van der Waals surface area (Å²) in [6, 6.07) is 20.8. The normalized spacial score (nSPS) is 16.0. The van der Waals surface area contributed by atoms with Crippen LogP contribution >= 0.6 is 22.6 Å².